The lowest BCUT2D eigenvalue weighted by atomic mass is 10.2. The molecule has 0 fully saturated rings. The number of hydrogen-bond acceptors (Lipinski definition) is 5. The zero-order valence-electron chi connectivity index (χ0n) is 13.8. The molecule has 3 aromatic rings. The fraction of sp³-hybridized carbons (Fsp3) is 0.105. The lowest BCUT2D eigenvalue weighted by Crippen LogP contribution is -2.05. The minimum atomic E-state index is -0.483. The van der Waals surface area contributed by atoms with Gasteiger partial charge in [0.05, 0.1) is 18.5 Å². The van der Waals surface area contributed by atoms with Gasteiger partial charge in [-0.25, -0.2) is 14.8 Å². The molecule has 6 nitrogen and oxygen atoms in total. The van der Waals surface area contributed by atoms with Crippen LogP contribution in [0.1, 0.15) is 17.0 Å². The molecule has 1 aliphatic heterocycles. The number of aromatic nitrogens is 2. The van der Waals surface area contributed by atoms with Crippen LogP contribution in [-0.4, -0.2) is 28.4 Å². The molecule has 0 N–H and O–H groups in total. The third-order valence-corrected chi connectivity index (χ3v) is 3.96. The van der Waals surface area contributed by atoms with Gasteiger partial charge in [-0.3, -0.25) is 4.40 Å². The summed E-state index contributed by atoms with van der Waals surface area (Å²) >= 11 is 0. The second-order valence-electron chi connectivity index (χ2n) is 5.58. The first kappa shape index (κ1) is 15.1. The first-order valence-corrected chi connectivity index (χ1v) is 7.76. The zero-order valence-corrected chi connectivity index (χ0v) is 13.8. The molecule has 0 aliphatic carbocycles. The number of hydrogen-bond donors (Lipinski definition) is 0. The summed E-state index contributed by atoms with van der Waals surface area (Å²) in [5.74, 6) is 0.455. The number of carbonyl (C=O) groups excluding carboxylic acids is 1. The molecular formula is C19H15N3O3. The third-order valence-electron chi connectivity index (χ3n) is 3.96. The SMILES string of the molecule is COc1cccc(C2=NC(=Cc3c(C)nc4ccccn34)C(=O)O2)c1. The Labute approximate surface area is 144 Å². The average molecular weight is 333 g/mol. The van der Waals surface area contributed by atoms with Crippen LogP contribution >= 0.6 is 0 Å². The van der Waals surface area contributed by atoms with Crippen molar-refractivity contribution in [3.8, 4) is 5.75 Å². The van der Waals surface area contributed by atoms with Gasteiger partial charge in [-0.1, -0.05) is 12.1 Å². The van der Waals surface area contributed by atoms with Gasteiger partial charge in [-0.2, -0.15) is 0 Å². The molecule has 0 amide bonds. The third kappa shape index (κ3) is 2.67. The molecule has 0 saturated heterocycles. The predicted octanol–water partition coefficient (Wildman–Crippen LogP) is 3.00. The fourth-order valence-corrected chi connectivity index (χ4v) is 2.72. The van der Waals surface area contributed by atoms with E-state index in [9.17, 15) is 4.79 Å². The number of benzene rings is 1. The van der Waals surface area contributed by atoms with Crippen molar-refractivity contribution in [1.82, 2.24) is 9.38 Å². The number of carbonyl (C=O) groups is 1. The van der Waals surface area contributed by atoms with Crippen LogP contribution in [0, 0.1) is 6.92 Å². The van der Waals surface area contributed by atoms with Crippen LogP contribution in [-0.2, 0) is 9.53 Å². The molecule has 0 bridgehead atoms. The first-order valence-electron chi connectivity index (χ1n) is 7.76. The van der Waals surface area contributed by atoms with Crippen molar-refractivity contribution in [2.75, 3.05) is 7.11 Å². The van der Waals surface area contributed by atoms with Gasteiger partial charge in [0.25, 0.3) is 0 Å². The normalized spacial score (nSPS) is 15.5. The summed E-state index contributed by atoms with van der Waals surface area (Å²) in [6.07, 6.45) is 3.60. The molecule has 4 rings (SSSR count). The van der Waals surface area contributed by atoms with E-state index in [0.717, 1.165) is 17.0 Å². The summed E-state index contributed by atoms with van der Waals surface area (Å²) in [5, 5.41) is 0. The first-order chi connectivity index (χ1) is 12.2. The van der Waals surface area contributed by atoms with Crippen molar-refractivity contribution in [2.24, 2.45) is 4.99 Å². The molecule has 6 heteroatoms. The quantitative estimate of drug-likeness (QED) is 0.546. The Bertz CT molecular complexity index is 1050. The van der Waals surface area contributed by atoms with Gasteiger partial charge in [0.1, 0.15) is 11.4 Å². The lowest BCUT2D eigenvalue weighted by Gasteiger charge is -2.02. The topological polar surface area (TPSA) is 65.2 Å². The number of pyridine rings is 1. The predicted molar refractivity (Wildman–Crippen MR) is 93.5 cm³/mol. The second-order valence-corrected chi connectivity index (χ2v) is 5.58. The molecule has 25 heavy (non-hydrogen) atoms. The van der Waals surface area contributed by atoms with Gasteiger partial charge in [-0.15, -0.1) is 0 Å². The Morgan fingerprint density at radius 2 is 2.08 bits per heavy atom. The maximum Gasteiger partial charge on any atom is 0.363 e. The number of ether oxygens (including phenoxy) is 2. The Morgan fingerprint density at radius 1 is 1.20 bits per heavy atom. The van der Waals surface area contributed by atoms with Gasteiger partial charge in [0.15, 0.2) is 5.70 Å². The summed E-state index contributed by atoms with van der Waals surface area (Å²) in [6.45, 7) is 1.90. The second kappa shape index (κ2) is 5.90. The van der Waals surface area contributed by atoms with E-state index in [0.29, 0.717) is 11.3 Å². The molecule has 0 radical (unpaired) electrons. The number of imidazole rings is 1. The van der Waals surface area contributed by atoms with Gasteiger partial charge in [-0.05, 0) is 43.3 Å². The highest BCUT2D eigenvalue weighted by Crippen LogP contribution is 2.23. The monoisotopic (exact) mass is 333 g/mol. The van der Waals surface area contributed by atoms with Crippen molar-refractivity contribution in [3.63, 3.8) is 0 Å². The highest BCUT2D eigenvalue weighted by atomic mass is 16.6. The van der Waals surface area contributed by atoms with E-state index in [1.54, 1.807) is 19.3 Å². The number of aryl methyl sites for hydroxylation is 1. The van der Waals surface area contributed by atoms with Crippen LogP contribution < -0.4 is 4.74 Å². The van der Waals surface area contributed by atoms with E-state index in [1.807, 2.05) is 53.9 Å². The van der Waals surface area contributed by atoms with Crippen LogP contribution in [0.25, 0.3) is 11.7 Å². The van der Waals surface area contributed by atoms with E-state index in [-0.39, 0.29) is 11.6 Å². The molecule has 124 valence electrons. The van der Waals surface area contributed by atoms with E-state index in [1.165, 1.54) is 0 Å². The van der Waals surface area contributed by atoms with E-state index in [4.69, 9.17) is 9.47 Å². The fourth-order valence-electron chi connectivity index (χ4n) is 2.72. The van der Waals surface area contributed by atoms with E-state index in [2.05, 4.69) is 9.98 Å². The van der Waals surface area contributed by atoms with Gasteiger partial charge >= 0.3 is 5.97 Å². The van der Waals surface area contributed by atoms with Crippen molar-refractivity contribution in [2.45, 2.75) is 6.92 Å². The largest absolute Gasteiger partial charge is 0.497 e. The van der Waals surface area contributed by atoms with E-state index >= 15 is 0 Å². The van der Waals surface area contributed by atoms with Crippen molar-refractivity contribution in [1.29, 1.82) is 0 Å². The smallest absolute Gasteiger partial charge is 0.363 e. The van der Waals surface area contributed by atoms with Gasteiger partial charge in [0.2, 0.25) is 5.90 Å². The van der Waals surface area contributed by atoms with Crippen molar-refractivity contribution >= 4 is 23.6 Å². The summed E-state index contributed by atoms with van der Waals surface area (Å²) in [5.41, 5.74) is 3.36. The average Bonchev–Trinajstić information content (AvgIpc) is 3.16. The number of aliphatic imine (C=N–C) groups is 1. The maximum absolute atomic E-state index is 12.2. The molecular weight excluding hydrogens is 318 g/mol. The lowest BCUT2D eigenvalue weighted by molar-refractivity contribution is -0.129. The standard InChI is InChI=1S/C19H15N3O3/c1-12-16(22-9-4-3-8-17(22)20-12)11-15-19(23)25-18(21-15)13-6-5-7-14(10-13)24-2/h3-11H,1-2H3. The number of esters is 1. The maximum atomic E-state index is 12.2. The summed E-state index contributed by atoms with van der Waals surface area (Å²) in [7, 11) is 1.58. The van der Waals surface area contributed by atoms with Crippen LogP contribution in [0.3, 0.4) is 0 Å². The van der Waals surface area contributed by atoms with Crippen LogP contribution in [0.2, 0.25) is 0 Å². The molecule has 0 atom stereocenters. The van der Waals surface area contributed by atoms with Crippen molar-refractivity contribution in [3.05, 3.63) is 71.3 Å². The van der Waals surface area contributed by atoms with Crippen molar-refractivity contribution < 1.29 is 14.3 Å². The number of fused-ring (bicyclic) bond motifs is 1. The molecule has 0 spiro atoms. The Kier molecular flexibility index (Phi) is 3.57. The number of rotatable bonds is 3. The van der Waals surface area contributed by atoms with Crippen LogP contribution in [0.4, 0.5) is 0 Å². The highest BCUT2D eigenvalue weighted by Gasteiger charge is 2.25. The molecule has 0 saturated carbocycles. The Hall–Kier alpha value is -3.41. The molecule has 1 aromatic carbocycles. The van der Waals surface area contributed by atoms with Crippen LogP contribution in [0.5, 0.6) is 5.75 Å². The minimum Gasteiger partial charge on any atom is -0.497 e. The number of nitrogens with zero attached hydrogens (tertiary/aromatic N) is 3. The highest BCUT2D eigenvalue weighted by molar-refractivity contribution is 6.13. The summed E-state index contributed by atoms with van der Waals surface area (Å²) in [4.78, 5) is 21.0. The Balaban J connectivity index is 1.77. The molecule has 0 unspecified atom stereocenters. The number of cyclic esters (lactones) is 1. The Morgan fingerprint density at radius 3 is 2.92 bits per heavy atom. The summed E-state index contributed by atoms with van der Waals surface area (Å²) < 4.78 is 12.4. The van der Waals surface area contributed by atoms with E-state index < -0.39 is 5.97 Å². The van der Waals surface area contributed by atoms with Gasteiger partial charge < -0.3 is 9.47 Å². The number of methoxy groups -OCH3 is 1. The minimum absolute atomic E-state index is 0.242. The van der Waals surface area contributed by atoms with Crippen LogP contribution in [0.15, 0.2) is 59.4 Å². The zero-order chi connectivity index (χ0) is 17.4. The molecule has 2 aromatic heterocycles. The molecule has 1 aliphatic rings. The summed E-state index contributed by atoms with van der Waals surface area (Å²) in [6, 6.07) is 13.0. The van der Waals surface area contributed by atoms with Gasteiger partial charge in [0, 0.05) is 11.8 Å². The molecule has 3 heterocycles.